The number of morpholine rings is 1. The van der Waals surface area contributed by atoms with Crippen LogP contribution in [0.2, 0.25) is 0 Å². The average Bonchev–Trinajstić information content (AvgIpc) is 2.03. The van der Waals surface area contributed by atoms with Crippen LogP contribution in [0, 0.1) is 0 Å². The SMILES string of the molecule is CC1CNCC(COSN(C)C)O1. The lowest BCUT2D eigenvalue weighted by Gasteiger charge is -2.28. The Balaban J connectivity index is 2.06. The lowest BCUT2D eigenvalue weighted by molar-refractivity contribution is -0.0446. The van der Waals surface area contributed by atoms with E-state index in [1.54, 1.807) is 0 Å². The Morgan fingerprint density at radius 2 is 2.31 bits per heavy atom. The number of nitrogens with one attached hydrogen (secondary N) is 1. The summed E-state index contributed by atoms with van der Waals surface area (Å²) in [5.41, 5.74) is 0. The zero-order valence-corrected chi connectivity index (χ0v) is 9.26. The highest BCUT2D eigenvalue weighted by Gasteiger charge is 2.18. The second kappa shape index (κ2) is 5.82. The van der Waals surface area contributed by atoms with E-state index in [1.807, 2.05) is 18.4 Å². The molecular formula is C8H18N2O2S. The van der Waals surface area contributed by atoms with Crippen molar-refractivity contribution in [3.8, 4) is 0 Å². The molecule has 0 radical (unpaired) electrons. The monoisotopic (exact) mass is 206 g/mol. The van der Waals surface area contributed by atoms with E-state index in [2.05, 4.69) is 12.2 Å². The van der Waals surface area contributed by atoms with Gasteiger partial charge in [0.2, 0.25) is 0 Å². The highest BCUT2D eigenvalue weighted by Crippen LogP contribution is 2.09. The van der Waals surface area contributed by atoms with Crippen molar-refractivity contribution in [2.24, 2.45) is 0 Å². The molecule has 78 valence electrons. The molecule has 1 heterocycles. The maximum Gasteiger partial charge on any atom is 0.0950 e. The molecule has 5 heteroatoms. The minimum absolute atomic E-state index is 0.191. The van der Waals surface area contributed by atoms with Gasteiger partial charge in [-0.1, -0.05) is 0 Å². The zero-order valence-electron chi connectivity index (χ0n) is 8.45. The van der Waals surface area contributed by atoms with Gasteiger partial charge in [-0.15, -0.1) is 0 Å². The van der Waals surface area contributed by atoms with Gasteiger partial charge in [-0.25, -0.2) is 4.31 Å². The summed E-state index contributed by atoms with van der Waals surface area (Å²) in [5.74, 6) is 0. The summed E-state index contributed by atoms with van der Waals surface area (Å²) in [4.78, 5) is 0. The summed E-state index contributed by atoms with van der Waals surface area (Å²) in [6.07, 6.45) is 0.489. The van der Waals surface area contributed by atoms with Crippen molar-refractivity contribution in [1.29, 1.82) is 0 Å². The molecule has 4 nitrogen and oxygen atoms in total. The number of ether oxygens (including phenoxy) is 1. The second-order valence-electron chi connectivity index (χ2n) is 3.40. The Hall–Kier alpha value is 0.190. The molecule has 0 aromatic heterocycles. The van der Waals surface area contributed by atoms with Crippen LogP contribution in [0.1, 0.15) is 6.92 Å². The summed E-state index contributed by atoms with van der Waals surface area (Å²) in [6.45, 7) is 4.54. The van der Waals surface area contributed by atoms with Crippen molar-refractivity contribution in [2.45, 2.75) is 19.1 Å². The van der Waals surface area contributed by atoms with Crippen molar-refractivity contribution >= 4 is 12.2 Å². The number of hydrogen-bond acceptors (Lipinski definition) is 5. The van der Waals surface area contributed by atoms with Crippen LogP contribution < -0.4 is 5.32 Å². The molecule has 1 aliphatic rings. The van der Waals surface area contributed by atoms with Crippen LogP contribution in [0.3, 0.4) is 0 Å². The highest BCUT2D eigenvalue weighted by molar-refractivity contribution is 7.92. The molecule has 0 aromatic rings. The first-order valence-electron chi connectivity index (χ1n) is 4.51. The third-order valence-electron chi connectivity index (χ3n) is 1.68. The van der Waals surface area contributed by atoms with Gasteiger partial charge < -0.3 is 10.1 Å². The maximum atomic E-state index is 5.65. The Bertz CT molecular complexity index is 146. The molecule has 2 unspecified atom stereocenters. The average molecular weight is 206 g/mol. The van der Waals surface area contributed by atoms with Crippen LogP contribution >= 0.6 is 12.2 Å². The molecule has 1 N–H and O–H groups in total. The van der Waals surface area contributed by atoms with Crippen LogP contribution in [-0.4, -0.2) is 50.3 Å². The Morgan fingerprint density at radius 1 is 1.54 bits per heavy atom. The molecular weight excluding hydrogens is 188 g/mol. The van der Waals surface area contributed by atoms with Crippen LogP contribution in [0.4, 0.5) is 0 Å². The number of rotatable bonds is 4. The summed E-state index contributed by atoms with van der Waals surface area (Å²) < 4.78 is 12.9. The molecule has 1 aliphatic heterocycles. The fourth-order valence-electron chi connectivity index (χ4n) is 1.18. The van der Waals surface area contributed by atoms with Gasteiger partial charge in [0.15, 0.2) is 0 Å². The molecule has 0 bridgehead atoms. The Morgan fingerprint density at radius 3 is 2.92 bits per heavy atom. The number of nitrogens with zero attached hydrogens (tertiary/aromatic N) is 1. The molecule has 13 heavy (non-hydrogen) atoms. The Kier molecular flexibility index (Phi) is 5.05. The van der Waals surface area contributed by atoms with Gasteiger partial charge in [-0.3, -0.25) is 4.18 Å². The smallest absolute Gasteiger partial charge is 0.0950 e. The van der Waals surface area contributed by atoms with Crippen molar-refractivity contribution in [1.82, 2.24) is 9.62 Å². The van der Waals surface area contributed by atoms with Gasteiger partial charge in [0.25, 0.3) is 0 Å². The molecule has 0 amide bonds. The van der Waals surface area contributed by atoms with Crippen molar-refractivity contribution in [3.63, 3.8) is 0 Å². The van der Waals surface area contributed by atoms with Gasteiger partial charge >= 0.3 is 0 Å². The normalized spacial score (nSPS) is 29.5. The third kappa shape index (κ3) is 4.83. The van der Waals surface area contributed by atoms with E-state index in [-0.39, 0.29) is 6.10 Å². The van der Waals surface area contributed by atoms with Crippen LogP contribution in [0.25, 0.3) is 0 Å². The summed E-state index contributed by atoms with van der Waals surface area (Å²) in [5, 5.41) is 3.29. The fraction of sp³-hybridized carbons (Fsp3) is 1.00. The molecule has 0 aromatic carbocycles. The van der Waals surface area contributed by atoms with Crippen LogP contribution in [0.5, 0.6) is 0 Å². The maximum absolute atomic E-state index is 5.65. The standard InChI is InChI=1S/C8H18N2O2S/c1-7-4-9-5-8(12-7)6-11-13-10(2)3/h7-9H,4-6H2,1-3H3. The molecule has 1 rings (SSSR count). The van der Waals surface area contributed by atoms with Crippen molar-refractivity contribution in [2.75, 3.05) is 33.8 Å². The molecule has 0 saturated carbocycles. The van der Waals surface area contributed by atoms with E-state index in [0.29, 0.717) is 12.7 Å². The van der Waals surface area contributed by atoms with Crippen molar-refractivity contribution < 1.29 is 8.92 Å². The van der Waals surface area contributed by atoms with Gasteiger partial charge in [0, 0.05) is 13.1 Å². The summed E-state index contributed by atoms with van der Waals surface area (Å²) in [7, 11) is 3.90. The lowest BCUT2D eigenvalue weighted by atomic mass is 10.3. The first-order valence-corrected chi connectivity index (χ1v) is 5.21. The van der Waals surface area contributed by atoms with E-state index in [0.717, 1.165) is 13.1 Å². The molecule has 0 spiro atoms. The quantitative estimate of drug-likeness (QED) is 0.535. The predicted molar refractivity (Wildman–Crippen MR) is 54.4 cm³/mol. The van der Waals surface area contributed by atoms with Crippen LogP contribution in [-0.2, 0) is 8.92 Å². The second-order valence-corrected chi connectivity index (χ2v) is 4.51. The zero-order chi connectivity index (χ0) is 9.68. The first-order chi connectivity index (χ1) is 6.18. The summed E-state index contributed by atoms with van der Waals surface area (Å²) >= 11 is 1.35. The van der Waals surface area contributed by atoms with E-state index >= 15 is 0 Å². The van der Waals surface area contributed by atoms with Crippen molar-refractivity contribution in [3.05, 3.63) is 0 Å². The van der Waals surface area contributed by atoms with E-state index in [9.17, 15) is 0 Å². The van der Waals surface area contributed by atoms with E-state index in [1.165, 1.54) is 12.2 Å². The van der Waals surface area contributed by atoms with Gasteiger partial charge in [-0.05, 0) is 21.0 Å². The Labute approximate surface area is 84.3 Å². The molecule has 0 aliphatic carbocycles. The minimum atomic E-state index is 0.191. The molecule has 2 atom stereocenters. The fourth-order valence-corrected chi connectivity index (χ4v) is 1.61. The topological polar surface area (TPSA) is 33.7 Å². The van der Waals surface area contributed by atoms with E-state index in [4.69, 9.17) is 8.92 Å². The predicted octanol–water partition coefficient (Wildman–Crippen LogP) is 0.505. The van der Waals surface area contributed by atoms with E-state index < -0.39 is 0 Å². The highest BCUT2D eigenvalue weighted by atomic mass is 32.2. The summed E-state index contributed by atoms with van der Waals surface area (Å²) in [6, 6.07) is 0. The minimum Gasteiger partial charge on any atom is -0.370 e. The number of hydrogen-bond donors (Lipinski definition) is 1. The third-order valence-corrected chi connectivity index (χ3v) is 2.22. The molecule has 1 saturated heterocycles. The first kappa shape index (κ1) is 11.3. The van der Waals surface area contributed by atoms with Gasteiger partial charge in [-0.2, -0.15) is 0 Å². The van der Waals surface area contributed by atoms with Gasteiger partial charge in [0.1, 0.15) is 0 Å². The van der Waals surface area contributed by atoms with Crippen LogP contribution in [0.15, 0.2) is 0 Å². The lowest BCUT2D eigenvalue weighted by Crippen LogP contribution is -2.45. The molecule has 1 fully saturated rings. The largest absolute Gasteiger partial charge is 0.370 e. The van der Waals surface area contributed by atoms with Gasteiger partial charge in [0.05, 0.1) is 31.0 Å².